The summed E-state index contributed by atoms with van der Waals surface area (Å²) < 4.78 is 14.1. The Labute approximate surface area is 203 Å². The lowest BCUT2D eigenvalue weighted by Gasteiger charge is -2.49. The number of piperazine rings is 1. The van der Waals surface area contributed by atoms with Gasteiger partial charge >= 0.3 is 0 Å². The number of rotatable bonds is 5. The number of amides is 1. The molecule has 2 aliphatic rings. The van der Waals surface area contributed by atoms with Gasteiger partial charge in [-0.25, -0.2) is 4.39 Å². The number of nitrogens with zero attached hydrogens (tertiary/aromatic N) is 3. The molecular formula is C27H27FN4O3. The molecule has 0 unspecified atom stereocenters. The molecule has 2 atom stereocenters. The van der Waals surface area contributed by atoms with Crippen LogP contribution in [0.2, 0.25) is 0 Å². The Balaban J connectivity index is 1.43. The lowest BCUT2D eigenvalue weighted by Crippen LogP contribution is -2.61. The molecule has 2 heterocycles. The third-order valence-corrected chi connectivity index (χ3v) is 7.05. The van der Waals surface area contributed by atoms with E-state index in [1.807, 2.05) is 0 Å². The number of hydrogen-bond donors (Lipinski definition) is 1. The van der Waals surface area contributed by atoms with Gasteiger partial charge in [0, 0.05) is 55.2 Å². The molecule has 1 saturated heterocycles. The second-order valence-electron chi connectivity index (χ2n) is 9.23. The molecule has 1 fully saturated rings. The smallest absolute Gasteiger partial charge is 0.269 e. The summed E-state index contributed by atoms with van der Waals surface area (Å²) in [7, 11) is 0. The Bertz CT molecular complexity index is 1260. The number of nitro benzene ring substituents is 1. The highest BCUT2D eigenvalue weighted by atomic mass is 19.1. The minimum Gasteiger partial charge on any atom is -0.368 e. The molecule has 180 valence electrons. The second-order valence-corrected chi connectivity index (χ2v) is 9.23. The van der Waals surface area contributed by atoms with Crippen LogP contribution in [-0.2, 0) is 17.8 Å². The fourth-order valence-corrected chi connectivity index (χ4v) is 5.17. The lowest BCUT2D eigenvalue weighted by atomic mass is 9.83. The largest absolute Gasteiger partial charge is 0.368 e. The number of carbonyl (C=O) groups excluding carboxylic acids is 1. The van der Waals surface area contributed by atoms with E-state index in [4.69, 9.17) is 0 Å². The first-order valence-electron chi connectivity index (χ1n) is 11.8. The number of anilines is 2. The molecule has 2 aliphatic heterocycles. The molecule has 5 rings (SSSR count). The van der Waals surface area contributed by atoms with Gasteiger partial charge in [0.15, 0.2) is 0 Å². The predicted molar refractivity (Wildman–Crippen MR) is 133 cm³/mol. The van der Waals surface area contributed by atoms with Crippen LogP contribution in [0.3, 0.4) is 0 Å². The molecule has 0 aliphatic carbocycles. The normalized spacial score (nSPS) is 19.0. The van der Waals surface area contributed by atoms with Crippen molar-refractivity contribution in [3.8, 4) is 0 Å². The van der Waals surface area contributed by atoms with Gasteiger partial charge in [-0.05, 0) is 43.2 Å². The van der Waals surface area contributed by atoms with Gasteiger partial charge < -0.3 is 15.1 Å². The van der Waals surface area contributed by atoms with Crippen molar-refractivity contribution in [1.82, 2.24) is 5.32 Å². The van der Waals surface area contributed by atoms with Crippen molar-refractivity contribution in [2.75, 3.05) is 29.4 Å². The SMILES string of the molecule is Cc1ccc(N2CCN3c4ccc([N+](=O)[O-])cc4C[C@H](C(=O)NCc4ccccc4F)[C@@H]3C2)cc1. The van der Waals surface area contributed by atoms with Crippen LogP contribution in [0.1, 0.15) is 16.7 Å². The van der Waals surface area contributed by atoms with E-state index >= 15 is 0 Å². The van der Waals surface area contributed by atoms with Crippen LogP contribution >= 0.6 is 0 Å². The maximum atomic E-state index is 14.1. The lowest BCUT2D eigenvalue weighted by molar-refractivity contribution is -0.384. The molecule has 1 amide bonds. The van der Waals surface area contributed by atoms with E-state index in [0.29, 0.717) is 25.1 Å². The highest BCUT2D eigenvalue weighted by molar-refractivity contribution is 5.82. The Morgan fingerprint density at radius 2 is 1.89 bits per heavy atom. The van der Waals surface area contributed by atoms with E-state index in [1.54, 1.807) is 30.3 Å². The molecule has 0 spiro atoms. The summed E-state index contributed by atoms with van der Waals surface area (Å²) in [6, 6.07) is 19.5. The molecule has 0 bridgehead atoms. The summed E-state index contributed by atoms with van der Waals surface area (Å²) in [5.74, 6) is -0.960. The van der Waals surface area contributed by atoms with Crippen molar-refractivity contribution in [3.05, 3.63) is 99.4 Å². The third kappa shape index (κ3) is 4.56. The number of aryl methyl sites for hydroxylation is 1. The van der Waals surface area contributed by atoms with Crippen molar-refractivity contribution >= 4 is 23.0 Å². The zero-order valence-electron chi connectivity index (χ0n) is 19.5. The molecule has 1 N–H and O–H groups in total. The number of halogens is 1. The van der Waals surface area contributed by atoms with Crippen LogP contribution < -0.4 is 15.1 Å². The van der Waals surface area contributed by atoms with Crippen LogP contribution in [0.25, 0.3) is 0 Å². The van der Waals surface area contributed by atoms with Crippen LogP contribution in [0, 0.1) is 28.8 Å². The molecule has 35 heavy (non-hydrogen) atoms. The maximum absolute atomic E-state index is 14.1. The number of carbonyl (C=O) groups is 1. The zero-order chi connectivity index (χ0) is 24.5. The van der Waals surface area contributed by atoms with Crippen molar-refractivity contribution in [2.24, 2.45) is 5.92 Å². The number of hydrogen-bond acceptors (Lipinski definition) is 5. The molecule has 7 nitrogen and oxygen atoms in total. The standard InChI is InChI=1S/C27H27FN4O3/c1-18-6-8-21(9-7-18)30-12-13-31-25-11-10-22(32(34)35)14-20(25)15-23(26(31)17-30)27(33)29-16-19-4-2-3-5-24(19)28/h2-11,14,23,26H,12-13,15-17H2,1H3,(H,29,33)/t23-,26-/m0/s1. The quantitative estimate of drug-likeness (QED) is 0.442. The summed E-state index contributed by atoms with van der Waals surface area (Å²) in [5, 5.41) is 14.3. The van der Waals surface area contributed by atoms with Gasteiger partial charge in [0.1, 0.15) is 5.82 Å². The molecule has 3 aromatic carbocycles. The van der Waals surface area contributed by atoms with E-state index in [-0.39, 0.29) is 30.0 Å². The minimum absolute atomic E-state index is 0.0195. The number of fused-ring (bicyclic) bond motifs is 3. The highest BCUT2D eigenvalue weighted by Crippen LogP contribution is 2.38. The summed E-state index contributed by atoms with van der Waals surface area (Å²) in [6.45, 7) is 4.27. The van der Waals surface area contributed by atoms with Crippen molar-refractivity contribution in [3.63, 3.8) is 0 Å². The van der Waals surface area contributed by atoms with Gasteiger partial charge in [-0.2, -0.15) is 0 Å². The minimum atomic E-state index is -0.426. The van der Waals surface area contributed by atoms with Gasteiger partial charge in [-0.3, -0.25) is 14.9 Å². The fraction of sp³-hybridized carbons (Fsp3) is 0.296. The second kappa shape index (κ2) is 9.37. The van der Waals surface area contributed by atoms with Crippen LogP contribution in [-0.4, -0.2) is 36.5 Å². The van der Waals surface area contributed by atoms with E-state index in [9.17, 15) is 19.3 Å². The summed E-state index contributed by atoms with van der Waals surface area (Å²) in [5.41, 5.74) is 4.48. The molecule has 3 aromatic rings. The predicted octanol–water partition coefficient (Wildman–Crippen LogP) is 4.23. The Hall–Kier alpha value is -3.94. The van der Waals surface area contributed by atoms with Gasteiger partial charge in [0.2, 0.25) is 5.91 Å². The maximum Gasteiger partial charge on any atom is 0.269 e. The van der Waals surface area contributed by atoms with Gasteiger partial charge in [-0.15, -0.1) is 0 Å². The van der Waals surface area contributed by atoms with E-state index in [0.717, 1.165) is 23.5 Å². The zero-order valence-corrected chi connectivity index (χ0v) is 19.5. The molecule has 0 aromatic heterocycles. The number of benzene rings is 3. The highest BCUT2D eigenvalue weighted by Gasteiger charge is 2.42. The fourth-order valence-electron chi connectivity index (χ4n) is 5.17. The third-order valence-electron chi connectivity index (χ3n) is 7.05. The summed E-state index contributed by atoms with van der Waals surface area (Å²) >= 11 is 0. The monoisotopic (exact) mass is 474 g/mol. The molecular weight excluding hydrogens is 447 g/mol. The molecule has 0 radical (unpaired) electrons. The van der Waals surface area contributed by atoms with Crippen LogP contribution in [0.15, 0.2) is 66.7 Å². The molecule has 8 heteroatoms. The van der Waals surface area contributed by atoms with Crippen molar-refractivity contribution < 1.29 is 14.1 Å². The van der Waals surface area contributed by atoms with Crippen molar-refractivity contribution in [1.29, 1.82) is 0 Å². The number of nitro groups is 1. The van der Waals surface area contributed by atoms with E-state index in [1.165, 1.54) is 17.7 Å². The average molecular weight is 475 g/mol. The average Bonchev–Trinajstić information content (AvgIpc) is 2.87. The molecule has 0 saturated carbocycles. The Kier molecular flexibility index (Phi) is 6.11. The van der Waals surface area contributed by atoms with Gasteiger partial charge in [0.05, 0.1) is 16.9 Å². The first kappa shape index (κ1) is 22.8. The summed E-state index contributed by atoms with van der Waals surface area (Å²) in [6.07, 6.45) is 0.392. The topological polar surface area (TPSA) is 78.7 Å². The Morgan fingerprint density at radius 1 is 1.11 bits per heavy atom. The van der Waals surface area contributed by atoms with Crippen LogP contribution in [0.4, 0.5) is 21.5 Å². The van der Waals surface area contributed by atoms with Gasteiger partial charge in [-0.1, -0.05) is 35.9 Å². The summed E-state index contributed by atoms with van der Waals surface area (Å²) in [4.78, 5) is 28.9. The first-order chi connectivity index (χ1) is 16.9. The van der Waals surface area contributed by atoms with Gasteiger partial charge in [0.25, 0.3) is 5.69 Å². The van der Waals surface area contributed by atoms with Crippen LogP contribution in [0.5, 0.6) is 0 Å². The van der Waals surface area contributed by atoms with Crippen molar-refractivity contribution in [2.45, 2.75) is 25.9 Å². The first-order valence-corrected chi connectivity index (χ1v) is 11.8. The van der Waals surface area contributed by atoms with E-state index < -0.39 is 10.8 Å². The Morgan fingerprint density at radius 3 is 2.63 bits per heavy atom. The number of nitrogens with one attached hydrogen (secondary N) is 1. The number of non-ortho nitro benzene ring substituents is 1. The van der Waals surface area contributed by atoms with E-state index in [2.05, 4.69) is 46.3 Å².